The molecular weight excluding hydrogens is 274 g/mol. The predicted octanol–water partition coefficient (Wildman–Crippen LogP) is 3.24. The lowest BCUT2D eigenvalue weighted by atomic mass is 10.1. The minimum absolute atomic E-state index is 0.00493. The molecule has 2 aromatic rings. The molecule has 0 fully saturated rings. The Labute approximate surface area is 121 Å². The van der Waals surface area contributed by atoms with Gasteiger partial charge < -0.3 is 4.74 Å². The van der Waals surface area contributed by atoms with Crippen molar-refractivity contribution in [3.8, 4) is 11.3 Å². The summed E-state index contributed by atoms with van der Waals surface area (Å²) in [5, 5.41) is 14.7. The fourth-order valence-electron chi connectivity index (χ4n) is 1.64. The van der Waals surface area contributed by atoms with Crippen molar-refractivity contribution in [2.45, 2.75) is 26.4 Å². The molecule has 0 unspecified atom stereocenters. The van der Waals surface area contributed by atoms with Crippen molar-refractivity contribution in [1.82, 2.24) is 9.78 Å². The van der Waals surface area contributed by atoms with Crippen molar-refractivity contribution in [2.24, 2.45) is 0 Å². The minimum atomic E-state index is -0.601. The fourth-order valence-corrected chi connectivity index (χ4v) is 1.64. The summed E-state index contributed by atoms with van der Waals surface area (Å²) in [6.07, 6.45) is 0.917. The monoisotopic (exact) mass is 289 g/mol. The van der Waals surface area contributed by atoms with Gasteiger partial charge in [0.2, 0.25) is 0 Å². The van der Waals surface area contributed by atoms with E-state index in [1.54, 1.807) is 39.0 Å². The van der Waals surface area contributed by atoms with Gasteiger partial charge in [-0.15, -0.1) is 0 Å². The maximum absolute atomic E-state index is 11.8. The van der Waals surface area contributed by atoms with Crippen LogP contribution in [0.2, 0.25) is 0 Å². The molecule has 110 valence electrons. The van der Waals surface area contributed by atoms with Gasteiger partial charge in [0.15, 0.2) is 0 Å². The van der Waals surface area contributed by atoms with E-state index in [1.807, 2.05) is 0 Å². The molecule has 0 amide bonds. The quantitative estimate of drug-likeness (QED) is 0.625. The molecule has 0 N–H and O–H groups in total. The van der Waals surface area contributed by atoms with Gasteiger partial charge in [-0.1, -0.05) is 0 Å². The molecular formula is C14H15N3O4. The van der Waals surface area contributed by atoms with E-state index in [4.69, 9.17) is 4.74 Å². The molecule has 0 aliphatic heterocycles. The van der Waals surface area contributed by atoms with Crippen LogP contribution in [0, 0.1) is 10.1 Å². The Morgan fingerprint density at radius 1 is 1.24 bits per heavy atom. The van der Waals surface area contributed by atoms with E-state index in [-0.39, 0.29) is 5.69 Å². The van der Waals surface area contributed by atoms with E-state index < -0.39 is 16.6 Å². The van der Waals surface area contributed by atoms with Gasteiger partial charge in [0.25, 0.3) is 5.69 Å². The molecule has 1 aromatic heterocycles. The second-order valence-corrected chi connectivity index (χ2v) is 5.43. The maximum atomic E-state index is 11.8. The summed E-state index contributed by atoms with van der Waals surface area (Å²) < 4.78 is 6.29. The Bertz CT molecular complexity index is 668. The first kappa shape index (κ1) is 14.7. The van der Waals surface area contributed by atoms with E-state index in [0.29, 0.717) is 11.3 Å². The van der Waals surface area contributed by atoms with E-state index in [1.165, 1.54) is 18.3 Å². The number of aromatic nitrogens is 2. The lowest BCUT2D eigenvalue weighted by molar-refractivity contribution is -0.384. The number of non-ortho nitro benzene ring substituents is 1. The van der Waals surface area contributed by atoms with Crippen LogP contribution in [0.3, 0.4) is 0 Å². The Morgan fingerprint density at radius 3 is 2.38 bits per heavy atom. The van der Waals surface area contributed by atoms with E-state index >= 15 is 0 Å². The Morgan fingerprint density at radius 2 is 1.86 bits per heavy atom. The summed E-state index contributed by atoms with van der Waals surface area (Å²) in [4.78, 5) is 22.0. The zero-order chi connectivity index (χ0) is 15.6. The number of carbonyl (C=O) groups excluding carboxylic acids is 1. The van der Waals surface area contributed by atoms with Crippen LogP contribution in [0.5, 0.6) is 0 Å². The van der Waals surface area contributed by atoms with Gasteiger partial charge in [0, 0.05) is 23.9 Å². The average molecular weight is 289 g/mol. The molecule has 0 spiro atoms. The van der Waals surface area contributed by atoms with Crippen molar-refractivity contribution in [3.63, 3.8) is 0 Å². The van der Waals surface area contributed by atoms with Gasteiger partial charge in [-0.3, -0.25) is 10.1 Å². The molecule has 0 aliphatic rings. The molecule has 0 aliphatic carbocycles. The SMILES string of the molecule is CC(C)(C)OC(=O)n1ccc(-c2ccc([N+](=O)[O-])cc2)n1. The van der Waals surface area contributed by atoms with Crippen LogP contribution < -0.4 is 0 Å². The highest BCUT2D eigenvalue weighted by atomic mass is 16.6. The third kappa shape index (κ3) is 3.65. The smallest absolute Gasteiger partial charge is 0.435 e. The molecule has 0 saturated carbocycles. The number of nitro benzene ring substituents is 1. The van der Waals surface area contributed by atoms with Gasteiger partial charge >= 0.3 is 6.09 Å². The lowest BCUT2D eigenvalue weighted by Gasteiger charge is -2.18. The minimum Gasteiger partial charge on any atom is -0.442 e. The van der Waals surface area contributed by atoms with Crippen molar-refractivity contribution in [1.29, 1.82) is 0 Å². The first-order chi connectivity index (χ1) is 9.76. The molecule has 0 atom stereocenters. The van der Waals surface area contributed by atoms with Crippen LogP contribution in [0.25, 0.3) is 11.3 Å². The molecule has 0 radical (unpaired) electrons. The summed E-state index contributed by atoms with van der Waals surface area (Å²) in [6, 6.07) is 7.59. The number of carbonyl (C=O) groups is 1. The van der Waals surface area contributed by atoms with Crippen LogP contribution in [0.4, 0.5) is 10.5 Å². The molecule has 1 heterocycles. The van der Waals surface area contributed by atoms with Gasteiger partial charge in [-0.25, -0.2) is 4.79 Å². The number of ether oxygens (including phenoxy) is 1. The summed E-state index contributed by atoms with van der Waals surface area (Å²) in [5.74, 6) is 0. The predicted molar refractivity (Wildman–Crippen MR) is 75.9 cm³/mol. The number of hydrogen-bond donors (Lipinski definition) is 0. The highest BCUT2D eigenvalue weighted by Gasteiger charge is 2.18. The second-order valence-electron chi connectivity index (χ2n) is 5.43. The number of hydrogen-bond acceptors (Lipinski definition) is 5. The van der Waals surface area contributed by atoms with Crippen LogP contribution >= 0.6 is 0 Å². The topological polar surface area (TPSA) is 87.3 Å². The van der Waals surface area contributed by atoms with Gasteiger partial charge in [-0.2, -0.15) is 9.78 Å². The zero-order valence-electron chi connectivity index (χ0n) is 11.9. The third-order valence-corrected chi connectivity index (χ3v) is 2.54. The largest absolute Gasteiger partial charge is 0.442 e. The Hall–Kier alpha value is -2.70. The second kappa shape index (κ2) is 5.35. The van der Waals surface area contributed by atoms with Crippen LogP contribution in [0.1, 0.15) is 20.8 Å². The molecule has 2 rings (SSSR count). The van der Waals surface area contributed by atoms with Crippen molar-refractivity contribution < 1.29 is 14.5 Å². The van der Waals surface area contributed by atoms with Crippen LogP contribution in [-0.4, -0.2) is 26.4 Å². The van der Waals surface area contributed by atoms with Crippen LogP contribution in [-0.2, 0) is 4.74 Å². The number of nitrogens with zero attached hydrogens (tertiary/aromatic N) is 3. The number of nitro groups is 1. The maximum Gasteiger partial charge on any atom is 0.435 e. The van der Waals surface area contributed by atoms with E-state index in [0.717, 1.165) is 4.68 Å². The normalized spacial score (nSPS) is 11.2. The van der Waals surface area contributed by atoms with Gasteiger partial charge in [-0.05, 0) is 39.0 Å². The van der Waals surface area contributed by atoms with Gasteiger partial charge in [0.05, 0.1) is 10.6 Å². The summed E-state index contributed by atoms with van der Waals surface area (Å²) in [7, 11) is 0. The first-order valence-electron chi connectivity index (χ1n) is 6.30. The van der Waals surface area contributed by atoms with E-state index in [2.05, 4.69) is 5.10 Å². The number of rotatable bonds is 2. The summed E-state index contributed by atoms with van der Waals surface area (Å²) in [6.45, 7) is 5.31. The molecule has 7 heteroatoms. The zero-order valence-corrected chi connectivity index (χ0v) is 11.9. The standard InChI is InChI=1S/C14H15N3O4/c1-14(2,3)21-13(18)16-9-8-12(15-16)10-4-6-11(7-5-10)17(19)20/h4-9H,1-3H3. The molecule has 21 heavy (non-hydrogen) atoms. The van der Waals surface area contributed by atoms with Crippen molar-refractivity contribution in [2.75, 3.05) is 0 Å². The van der Waals surface area contributed by atoms with Crippen LogP contribution in [0.15, 0.2) is 36.5 Å². The summed E-state index contributed by atoms with van der Waals surface area (Å²) in [5.41, 5.74) is 0.625. The highest BCUT2D eigenvalue weighted by Crippen LogP contribution is 2.21. The first-order valence-corrected chi connectivity index (χ1v) is 6.30. The van der Waals surface area contributed by atoms with Crippen molar-refractivity contribution >= 4 is 11.8 Å². The Balaban J connectivity index is 2.19. The molecule has 7 nitrogen and oxygen atoms in total. The average Bonchev–Trinajstić information content (AvgIpc) is 2.86. The summed E-state index contributed by atoms with van der Waals surface area (Å²) >= 11 is 0. The molecule has 1 aromatic carbocycles. The number of benzene rings is 1. The van der Waals surface area contributed by atoms with Gasteiger partial charge in [0.1, 0.15) is 5.60 Å². The highest BCUT2D eigenvalue weighted by molar-refractivity contribution is 5.71. The molecule has 0 saturated heterocycles. The lowest BCUT2D eigenvalue weighted by Crippen LogP contribution is -2.27. The van der Waals surface area contributed by atoms with Crippen molar-refractivity contribution in [3.05, 3.63) is 46.6 Å². The Kier molecular flexibility index (Phi) is 3.75. The third-order valence-electron chi connectivity index (χ3n) is 2.54. The molecule has 0 bridgehead atoms. The van der Waals surface area contributed by atoms with E-state index in [9.17, 15) is 14.9 Å². The fraction of sp³-hybridized carbons (Fsp3) is 0.286.